The first-order valence-electron chi connectivity index (χ1n) is 11.8. The molecule has 7 nitrogen and oxygen atoms in total. The number of nitrogens with zero attached hydrogens (tertiary/aromatic N) is 2. The number of carbonyl (C=O) groups is 3. The molecule has 1 aliphatic carbocycles. The van der Waals surface area contributed by atoms with E-state index < -0.39 is 17.8 Å². The Balaban J connectivity index is 1.40. The number of primary amides is 1. The van der Waals surface area contributed by atoms with E-state index in [9.17, 15) is 18.8 Å². The summed E-state index contributed by atoms with van der Waals surface area (Å²) in [5.74, 6) is -0.893. The van der Waals surface area contributed by atoms with Crippen LogP contribution in [0.1, 0.15) is 65.0 Å². The first kappa shape index (κ1) is 23.7. The van der Waals surface area contributed by atoms with Gasteiger partial charge < -0.3 is 20.3 Å². The van der Waals surface area contributed by atoms with Crippen molar-refractivity contribution in [3.63, 3.8) is 0 Å². The summed E-state index contributed by atoms with van der Waals surface area (Å²) in [6.07, 6.45) is 3.70. The van der Waals surface area contributed by atoms with Gasteiger partial charge in [0.1, 0.15) is 17.7 Å². The number of nitrogens with two attached hydrogens (primary N) is 1. The molecule has 4 rings (SSSR count). The highest BCUT2D eigenvalue weighted by Gasteiger charge is 2.30. The number of amides is 3. The summed E-state index contributed by atoms with van der Waals surface area (Å²) < 4.78 is 19.4. The Morgan fingerprint density at radius 2 is 1.68 bits per heavy atom. The van der Waals surface area contributed by atoms with Crippen molar-refractivity contribution >= 4 is 17.7 Å². The van der Waals surface area contributed by atoms with Gasteiger partial charge in [0.15, 0.2) is 0 Å². The molecule has 1 saturated heterocycles. The zero-order valence-corrected chi connectivity index (χ0v) is 19.3. The topological polar surface area (TPSA) is 92.9 Å². The smallest absolute Gasteiger partial charge is 0.253 e. The van der Waals surface area contributed by atoms with Crippen LogP contribution < -0.4 is 10.5 Å². The van der Waals surface area contributed by atoms with Gasteiger partial charge in [0.25, 0.3) is 11.8 Å². The fourth-order valence-corrected chi connectivity index (χ4v) is 4.72. The summed E-state index contributed by atoms with van der Waals surface area (Å²) in [4.78, 5) is 41.1. The molecule has 2 aromatic carbocycles. The van der Waals surface area contributed by atoms with Crippen molar-refractivity contribution in [1.29, 1.82) is 0 Å². The molecule has 1 atom stereocenters. The number of carbonyl (C=O) groups excluding carboxylic acids is 3. The largest absolute Gasteiger partial charge is 0.485 e. The molecule has 180 valence electrons. The fourth-order valence-electron chi connectivity index (χ4n) is 4.72. The average Bonchev–Trinajstić information content (AvgIpc) is 3.39. The van der Waals surface area contributed by atoms with Gasteiger partial charge in [0, 0.05) is 37.7 Å². The van der Waals surface area contributed by atoms with E-state index in [4.69, 9.17) is 10.5 Å². The maximum atomic E-state index is 13.5. The van der Waals surface area contributed by atoms with E-state index >= 15 is 0 Å². The van der Waals surface area contributed by atoms with E-state index in [1.807, 2.05) is 11.0 Å². The molecule has 2 aromatic rings. The normalized spacial score (nSPS) is 17.5. The summed E-state index contributed by atoms with van der Waals surface area (Å²) in [5.41, 5.74) is 6.57. The molecule has 0 spiro atoms. The maximum absolute atomic E-state index is 13.5. The van der Waals surface area contributed by atoms with Gasteiger partial charge in [-0.05, 0) is 55.7 Å². The fraction of sp³-hybridized carbons (Fsp3) is 0.423. The van der Waals surface area contributed by atoms with Crippen LogP contribution in [0, 0.1) is 11.7 Å². The Bertz CT molecular complexity index is 1080. The third kappa shape index (κ3) is 5.21. The number of rotatable bonds is 6. The zero-order chi connectivity index (χ0) is 24.2. The lowest BCUT2D eigenvalue weighted by Gasteiger charge is -2.36. The summed E-state index contributed by atoms with van der Waals surface area (Å²) in [5, 5.41) is 0. The van der Waals surface area contributed by atoms with Crippen LogP contribution in [-0.2, 0) is 4.79 Å². The molecule has 3 amide bonds. The van der Waals surface area contributed by atoms with E-state index in [0.717, 1.165) is 37.3 Å². The Morgan fingerprint density at radius 1 is 1.00 bits per heavy atom. The van der Waals surface area contributed by atoms with Crippen LogP contribution in [0.2, 0.25) is 0 Å². The predicted molar refractivity (Wildman–Crippen MR) is 125 cm³/mol. The van der Waals surface area contributed by atoms with Crippen LogP contribution >= 0.6 is 0 Å². The minimum absolute atomic E-state index is 0.0379. The van der Waals surface area contributed by atoms with Gasteiger partial charge in [0.2, 0.25) is 5.91 Å². The van der Waals surface area contributed by atoms with Crippen molar-refractivity contribution in [1.82, 2.24) is 9.80 Å². The lowest BCUT2D eigenvalue weighted by molar-refractivity contribution is -0.136. The van der Waals surface area contributed by atoms with Crippen LogP contribution in [0.15, 0.2) is 42.5 Å². The molecule has 1 aliphatic heterocycles. The first-order valence-corrected chi connectivity index (χ1v) is 11.8. The molecular weight excluding hydrogens is 437 g/mol. The van der Waals surface area contributed by atoms with Gasteiger partial charge in [-0.3, -0.25) is 14.4 Å². The zero-order valence-electron chi connectivity index (χ0n) is 19.3. The third-order valence-electron chi connectivity index (χ3n) is 6.70. The first-order chi connectivity index (χ1) is 16.3. The molecule has 2 N–H and O–H groups in total. The number of benzene rings is 2. The number of ether oxygens (including phenoxy) is 1. The second-order valence-corrected chi connectivity index (χ2v) is 8.99. The van der Waals surface area contributed by atoms with Gasteiger partial charge in [-0.15, -0.1) is 0 Å². The van der Waals surface area contributed by atoms with Gasteiger partial charge >= 0.3 is 0 Å². The SMILES string of the molecule is CC(Oc1ccc(F)cc1C(N)=O)c1cccc(C(=O)N2CCN(C(=O)C3CCCC3)CC2)c1. The second-order valence-electron chi connectivity index (χ2n) is 8.99. The van der Waals surface area contributed by atoms with Crippen molar-refractivity contribution in [3.05, 3.63) is 65.0 Å². The molecule has 0 radical (unpaired) electrons. The Kier molecular flexibility index (Phi) is 7.14. The molecule has 1 heterocycles. The molecule has 0 aromatic heterocycles. The van der Waals surface area contributed by atoms with Gasteiger partial charge in [-0.25, -0.2) is 4.39 Å². The van der Waals surface area contributed by atoms with Crippen LogP contribution in [0.25, 0.3) is 0 Å². The van der Waals surface area contributed by atoms with Crippen molar-refractivity contribution in [2.45, 2.75) is 38.7 Å². The molecule has 8 heteroatoms. The van der Waals surface area contributed by atoms with E-state index in [2.05, 4.69) is 0 Å². The summed E-state index contributed by atoms with van der Waals surface area (Å²) in [7, 11) is 0. The van der Waals surface area contributed by atoms with Crippen LogP contribution in [-0.4, -0.2) is 53.7 Å². The Morgan fingerprint density at radius 3 is 2.35 bits per heavy atom. The highest BCUT2D eigenvalue weighted by Crippen LogP contribution is 2.28. The third-order valence-corrected chi connectivity index (χ3v) is 6.70. The monoisotopic (exact) mass is 467 g/mol. The minimum Gasteiger partial charge on any atom is -0.485 e. The van der Waals surface area contributed by atoms with Crippen LogP contribution in [0.3, 0.4) is 0 Å². The van der Waals surface area contributed by atoms with E-state index in [0.29, 0.717) is 31.7 Å². The van der Waals surface area contributed by atoms with Crippen LogP contribution in [0.4, 0.5) is 4.39 Å². The van der Waals surface area contributed by atoms with Gasteiger partial charge in [-0.1, -0.05) is 25.0 Å². The van der Waals surface area contributed by atoms with Gasteiger partial charge in [-0.2, -0.15) is 0 Å². The number of piperazine rings is 1. The molecule has 1 saturated carbocycles. The van der Waals surface area contributed by atoms with Crippen molar-refractivity contribution in [2.75, 3.05) is 26.2 Å². The second kappa shape index (κ2) is 10.2. The molecule has 2 aliphatic rings. The molecule has 0 bridgehead atoms. The lowest BCUT2D eigenvalue weighted by atomic mass is 10.0. The van der Waals surface area contributed by atoms with Crippen molar-refractivity contribution in [3.8, 4) is 5.75 Å². The highest BCUT2D eigenvalue weighted by atomic mass is 19.1. The summed E-state index contributed by atoms with van der Waals surface area (Å²) in [6.45, 7) is 3.91. The molecule has 2 fully saturated rings. The van der Waals surface area contributed by atoms with E-state index in [1.165, 1.54) is 12.1 Å². The highest BCUT2D eigenvalue weighted by molar-refractivity contribution is 5.96. The summed E-state index contributed by atoms with van der Waals surface area (Å²) in [6, 6.07) is 10.7. The molecular formula is C26H30FN3O4. The molecule has 1 unspecified atom stereocenters. The van der Waals surface area contributed by atoms with Crippen molar-refractivity contribution < 1.29 is 23.5 Å². The number of hydrogen-bond acceptors (Lipinski definition) is 4. The average molecular weight is 468 g/mol. The maximum Gasteiger partial charge on any atom is 0.253 e. The number of halogens is 1. The predicted octanol–water partition coefficient (Wildman–Crippen LogP) is 3.54. The Hall–Kier alpha value is -3.42. The Labute approximate surface area is 198 Å². The van der Waals surface area contributed by atoms with E-state index in [-0.39, 0.29) is 29.0 Å². The molecule has 34 heavy (non-hydrogen) atoms. The standard InChI is InChI=1S/C26H30FN3O4/c1-17(34-23-10-9-21(27)16-22(23)24(28)31)19-7-4-8-20(15-19)26(33)30-13-11-29(12-14-30)25(32)18-5-2-3-6-18/h4,7-10,15-18H,2-3,5-6,11-14H2,1H3,(H2,28,31). The van der Waals surface area contributed by atoms with E-state index in [1.54, 1.807) is 30.0 Å². The van der Waals surface area contributed by atoms with Crippen molar-refractivity contribution in [2.24, 2.45) is 11.7 Å². The quantitative estimate of drug-likeness (QED) is 0.703. The summed E-state index contributed by atoms with van der Waals surface area (Å²) >= 11 is 0. The van der Waals surface area contributed by atoms with Gasteiger partial charge in [0.05, 0.1) is 5.56 Å². The number of hydrogen-bond donors (Lipinski definition) is 1. The lowest BCUT2D eigenvalue weighted by Crippen LogP contribution is -2.51. The minimum atomic E-state index is -0.781. The van der Waals surface area contributed by atoms with Crippen LogP contribution in [0.5, 0.6) is 5.75 Å².